The van der Waals surface area contributed by atoms with Crippen molar-refractivity contribution >= 4 is 34.8 Å². The Balaban J connectivity index is 1.82. The quantitative estimate of drug-likeness (QED) is 0.850. The molecule has 8 heteroatoms. The Morgan fingerprint density at radius 1 is 1.28 bits per heavy atom. The van der Waals surface area contributed by atoms with Crippen LogP contribution in [0, 0.1) is 0 Å². The van der Waals surface area contributed by atoms with Gasteiger partial charge in [0, 0.05) is 24.4 Å². The lowest BCUT2D eigenvalue weighted by Gasteiger charge is -2.16. The lowest BCUT2D eigenvalue weighted by molar-refractivity contribution is 0.102. The molecule has 1 fully saturated rings. The van der Waals surface area contributed by atoms with Gasteiger partial charge in [-0.15, -0.1) is 0 Å². The van der Waals surface area contributed by atoms with Crippen molar-refractivity contribution in [2.75, 3.05) is 25.6 Å². The predicted molar refractivity (Wildman–Crippen MR) is 95.1 cm³/mol. The van der Waals surface area contributed by atoms with Gasteiger partial charge in [0.1, 0.15) is 6.10 Å². The van der Waals surface area contributed by atoms with E-state index >= 15 is 0 Å². The number of amides is 1. The van der Waals surface area contributed by atoms with Crippen LogP contribution >= 0.6 is 23.2 Å². The van der Waals surface area contributed by atoms with E-state index in [1.54, 1.807) is 25.3 Å². The number of anilines is 1. The van der Waals surface area contributed by atoms with Crippen molar-refractivity contribution in [3.63, 3.8) is 0 Å². The smallest absolute Gasteiger partial charge is 0.255 e. The van der Waals surface area contributed by atoms with Gasteiger partial charge in [0.25, 0.3) is 5.91 Å². The second-order valence-electron chi connectivity index (χ2n) is 5.40. The Morgan fingerprint density at radius 2 is 2.04 bits per heavy atom. The van der Waals surface area contributed by atoms with Gasteiger partial charge in [-0.25, -0.2) is 0 Å². The zero-order chi connectivity index (χ0) is 17.8. The molecule has 0 radical (unpaired) electrons. The molecule has 1 aliphatic heterocycles. The Labute approximate surface area is 155 Å². The van der Waals surface area contributed by atoms with E-state index in [2.05, 4.69) is 10.3 Å². The van der Waals surface area contributed by atoms with Crippen LogP contribution < -0.4 is 14.8 Å². The van der Waals surface area contributed by atoms with Crippen LogP contribution in [0.2, 0.25) is 10.0 Å². The summed E-state index contributed by atoms with van der Waals surface area (Å²) in [6.07, 6.45) is 3.55. The van der Waals surface area contributed by atoms with Gasteiger partial charge in [-0.05, 0) is 18.2 Å². The monoisotopic (exact) mass is 382 g/mol. The van der Waals surface area contributed by atoms with Gasteiger partial charge in [-0.2, -0.15) is 0 Å². The van der Waals surface area contributed by atoms with E-state index in [-0.39, 0.29) is 22.1 Å². The first-order valence-electron chi connectivity index (χ1n) is 7.61. The van der Waals surface area contributed by atoms with Crippen LogP contribution in [0.25, 0.3) is 0 Å². The largest absolute Gasteiger partial charge is 0.493 e. The number of pyridine rings is 1. The van der Waals surface area contributed by atoms with Crippen LogP contribution in [-0.4, -0.2) is 37.3 Å². The Hall–Kier alpha value is -2.02. The topological polar surface area (TPSA) is 69.7 Å². The fourth-order valence-electron chi connectivity index (χ4n) is 2.41. The van der Waals surface area contributed by atoms with Crippen LogP contribution in [-0.2, 0) is 4.74 Å². The maximum absolute atomic E-state index is 12.5. The highest BCUT2D eigenvalue weighted by Gasteiger charge is 2.20. The van der Waals surface area contributed by atoms with Gasteiger partial charge < -0.3 is 19.5 Å². The highest BCUT2D eigenvalue weighted by Crippen LogP contribution is 2.32. The number of rotatable bonds is 5. The summed E-state index contributed by atoms with van der Waals surface area (Å²) < 4.78 is 16.5. The number of hydrogen-bond acceptors (Lipinski definition) is 5. The van der Waals surface area contributed by atoms with Crippen molar-refractivity contribution < 1.29 is 19.0 Å². The van der Waals surface area contributed by atoms with Gasteiger partial charge >= 0.3 is 0 Å². The molecule has 1 N–H and O–H groups in total. The second kappa shape index (κ2) is 7.91. The van der Waals surface area contributed by atoms with E-state index in [1.807, 2.05) is 0 Å². The Kier molecular flexibility index (Phi) is 5.63. The summed E-state index contributed by atoms with van der Waals surface area (Å²) >= 11 is 12.1. The molecule has 6 nitrogen and oxygen atoms in total. The molecule has 1 atom stereocenters. The molecule has 1 unspecified atom stereocenters. The molecule has 3 rings (SSSR count). The minimum atomic E-state index is -0.370. The molecule has 2 heterocycles. The number of hydrogen-bond donors (Lipinski definition) is 1. The van der Waals surface area contributed by atoms with Crippen molar-refractivity contribution in [2.24, 2.45) is 0 Å². The molecular formula is C17H16Cl2N2O4. The first kappa shape index (κ1) is 17.8. The van der Waals surface area contributed by atoms with Crippen molar-refractivity contribution in [3.8, 4) is 11.5 Å². The first-order valence-corrected chi connectivity index (χ1v) is 8.37. The molecule has 1 aromatic heterocycles. The van der Waals surface area contributed by atoms with E-state index in [4.69, 9.17) is 37.4 Å². The molecule has 2 aromatic rings. The fraction of sp³-hybridized carbons (Fsp3) is 0.294. The van der Waals surface area contributed by atoms with E-state index < -0.39 is 0 Å². The number of halogens is 2. The van der Waals surface area contributed by atoms with Crippen LogP contribution in [0.4, 0.5) is 5.69 Å². The van der Waals surface area contributed by atoms with Crippen molar-refractivity contribution in [2.45, 2.75) is 12.5 Å². The van der Waals surface area contributed by atoms with E-state index in [9.17, 15) is 4.79 Å². The molecule has 25 heavy (non-hydrogen) atoms. The average Bonchev–Trinajstić information content (AvgIpc) is 3.11. The normalized spacial score (nSPS) is 16.5. The van der Waals surface area contributed by atoms with E-state index in [0.29, 0.717) is 36.0 Å². The molecule has 0 spiro atoms. The summed E-state index contributed by atoms with van der Waals surface area (Å²) in [6, 6.07) is 4.93. The lowest BCUT2D eigenvalue weighted by atomic mass is 10.1. The average molecular weight is 383 g/mol. The molecule has 0 saturated carbocycles. The van der Waals surface area contributed by atoms with Crippen LogP contribution in [0.15, 0.2) is 30.6 Å². The third-order valence-corrected chi connectivity index (χ3v) is 4.27. The minimum Gasteiger partial charge on any atom is -0.493 e. The molecule has 1 saturated heterocycles. The van der Waals surface area contributed by atoms with Gasteiger partial charge in [-0.1, -0.05) is 23.2 Å². The fourth-order valence-corrected chi connectivity index (χ4v) is 2.87. The maximum atomic E-state index is 12.5. The number of methoxy groups -OCH3 is 1. The number of carbonyl (C=O) groups is 1. The van der Waals surface area contributed by atoms with Crippen molar-refractivity contribution in [1.82, 2.24) is 4.98 Å². The summed E-state index contributed by atoms with van der Waals surface area (Å²) in [5.74, 6) is 0.658. The third-order valence-electron chi connectivity index (χ3n) is 3.70. The minimum absolute atomic E-state index is 0.0590. The SMILES string of the molecule is COc1ccc(C(=O)Nc2c(Cl)cncc2Cl)cc1OC1CCOC1. The van der Waals surface area contributed by atoms with Crippen LogP contribution in [0.5, 0.6) is 11.5 Å². The Morgan fingerprint density at radius 3 is 2.68 bits per heavy atom. The van der Waals surface area contributed by atoms with Gasteiger partial charge in [-0.3, -0.25) is 9.78 Å². The standard InChI is InChI=1S/C17H16Cl2N2O4/c1-23-14-3-2-10(6-15(14)25-11-4-5-24-9-11)17(22)21-16-12(18)7-20-8-13(16)19/h2-3,6-8,11H,4-5,9H2,1H3,(H,20,21,22). The number of aromatic nitrogens is 1. The summed E-state index contributed by atoms with van der Waals surface area (Å²) in [6.45, 7) is 1.17. The molecule has 1 aromatic carbocycles. The number of nitrogens with one attached hydrogen (secondary N) is 1. The third kappa shape index (κ3) is 4.15. The van der Waals surface area contributed by atoms with Crippen molar-refractivity contribution in [1.29, 1.82) is 0 Å². The zero-order valence-electron chi connectivity index (χ0n) is 13.4. The number of benzene rings is 1. The molecular weight excluding hydrogens is 367 g/mol. The van der Waals surface area contributed by atoms with E-state index in [1.165, 1.54) is 12.4 Å². The summed E-state index contributed by atoms with van der Waals surface area (Å²) in [5, 5.41) is 3.21. The number of ether oxygens (including phenoxy) is 3. The van der Waals surface area contributed by atoms with Crippen LogP contribution in [0.1, 0.15) is 16.8 Å². The molecule has 1 amide bonds. The summed E-state index contributed by atoms with van der Waals surface area (Å²) in [4.78, 5) is 16.4. The molecule has 1 aliphatic rings. The molecule has 132 valence electrons. The summed E-state index contributed by atoms with van der Waals surface area (Å²) in [7, 11) is 1.55. The highest BCUT2D eigenvalue weighted by atomic mass is 35.5. The zero-order valence-corrected chi connectivity index (χ0v) is 14.9. The maximum Gasteiger partial charge on any atom is 0.255 e. The first-order chi connectivity index (χ1) is 12.1. The second-order valence-corrected chi connectivity index (χ2v) is 6.22. The Bertz CT molecular complexity index is 759. The predicted octanol–water partition coefficient (Wildman–Crippen LogP) is 3.82. The van der Waals surface area contributed by atoms with Crippen molar-refractivity contribution in [3.05, 3.63) is 46.2 Å². The van der Waals surface area contributed by atoms with Gasteiger partial charge in [0.2, 0.25) is 0 Å². The lowest BCUT2D eigenvalue weighted by Crippen LogP contribution is -2.17. The highest BCUT2D eigenvalue weighted by molar-refractivity contribution is 6.39. The van der Waals surface area contributed by atoms with Gasteiger partial charge in [0.05, 0.1) is 36.1 Å². The molecule has 0 aliphatic carbocycles. The number of nitrogens with zero attached hydrogens (tertiary/aromatic N) is 1. The summed E-state index contributed by atoms with van der Waals surface area (Å²) in [5.41, 5.74) is 0.699. The molecule has 0 bridgehead atoms. The van der Waals surface area contributed by atoms with Crippen LogP contribution in [0.3, 0.4) is 0 Å². The van der Waals surface area contributed by atoms with Gasteiger partial charge in [0.15, 0.2) is 11.5 Å². The number of carbonyl (C=O) groups excluding carboxylic acids is 1. The van der Waals surface area contributed by atoms with E-state index in [0.717, 1.165) is 6.42 Å².